The molecule has 0 bridgehead atoms. The summed E-state index contributed by atoms with van der Waals surface area (Å²) >= 11 is 0. The second-order valence-electron chi connectivity index (χ2n) is 7.51. The molecule has 2 unspecified atom stereocenters. The highest BCUT2D eigenvalue weighted by atomic mass is 32.2. The SMILES string of the molecule is C=CC(=O)NC1CCN(S(=O)(=O)c2ccc(C(=O)NCCc3ccccc3)o2)C(C)C1. The Kier molecular flexibility index (Phi) is 7.29. The number of amides is 2. The summed E-state index contributed by atoms with van der Waals surface area (Å²) < 4.78 is 32.8. The van der Waals surface area contributed by atoms with Gasteiger partial charge in [0.2, 0.25) is 11.0 Å². The van der Waals surface area contributed by atoms with E-state index in [1.165, 1.54) is 22.5 Å². The molecule has 1 aromatic heterocycles. The van der Waals surface area contributed by atoms with Crippen molar-refractivity contribution < 1.29 is 22.4 Å². The third-order valence-electron chi connectivity index (χ3n) is 5.26. The van der Waals surface area contributed by atoms with Gasteiger partial charge < -0.3 is 15.1 Å². The minimum Gasteiger partial charge on any atom is -0.438 e. The zero-order valence-electron chi connectivity index (χ0n) is 17.4. The fourth-order valence-electron chi connectivity index (χ4n) is 3.65. The molecule has 1 aromatic carbocycles. The summed E-state index contributed by atoms with van der Waals surface area (Å²) in [7, 11) is -3.89. The average molecular weight is 446 g/mol. The lowest BCUT2D eigenvalue weighted by Gasteiger charge is -2.36. The summed E-state index contributed by atoms with van der Waals surface area (Å²) in [4.78, 5) is 23.8. The molecule has 2 aromatic rings. The highest BCUT2D eigenvalue weighted by molar-refractivity contribution is 7.89. The molecule has 0 aliphatic carbocycles. The van der Waals surface area contributed by atoms with Crippen molar-refractivity contribution in [2.45, 2.75) is 43.4 Å². The van der Waals surface area contributed by atoms with Crippen LogP contribution in [0.25, 0.3) is 0 Å². The van der Waals surface area contributed by atoms with E-state index in [-0.39, 0.29) is 35.4 Å². The molecule has 2 N–H and O–H groups in total. The predicted molar refractivity (Wildman–Crippen MR) is 116 cm³/mol. The Morgan fingerprint density at radius 2 is 1.97 bits per heavy atom. The number of nitrogens with zero attached hydrogens (tertiary/aromatic N) is 1. The van der Waals surface area contributed by atoms with Crippen molar-refractivity contribution >= 4 is 21.8 Å². The van der Waals surface area contributed by atoms with Gasteiger partial charge in [0.05, 0.1) is 0 Å². The first-order chi connectivity index (χ1) is 14.8. The van der Waals surface area contributed by atoms with E-state index in [1.807, 2.05) is 30.3 Å². The van der Waals surface area contributed by atoms with Crippen LogP contribution in [0.1, 0.15) is 35.9 Å². The van der Waals surface area contributed by atoms with E-state index in [4.69, 9.17) is 4.42 Å². The van der Waals surface area contributed by atoms with Gasteiger partial charge >= 0.3 is 0 Å². The lowest BCUT2D eigenvalue weighted by atomic mass is 10.0. The van der Waals surface area contributed by atoms with Gasteiger partial charge in [0.1, 0.15) is 0 Å². The highest BCUT2D eigenvalue weighted by Crippen LogP contribution is 2.26. The Morgan fingerprint density at radius 1 is 1.23 bits per heavy atom. The Bertz CT molecular complexity index is 1030. The molecule has 2 heterocycles. The van der Waals surface area contributed by atoms with Crippen molar-refractivity contribution in [3.05, 3.63) is 66.4 Å². The number of nitrogens with one attached hydrogen (secondary N) is 2. The van der Waals surface area contributed by atoms with Gasteiger partial charge in [-0.05, 0) is 50.0 Å². The number of hydrogen-bond donors (Lipinski definition) is 2. The Morgan fingerprint density at radius 3 is 2.65 bits per heavy atom. The van der Waals surface area contributed by atoms with Crippen molar-refractivity contribution in [1.29, 1.82) is 0 Å². The molecule has 166 valence electrons. The Labute approximate surface area is 182 Å². The van der Waals surface area contributed by atoms with E-state index in [1.54, 1.807) is 6.92 Å². The molecule has 1 aliphatic heterocycles. The molecule has 0 radical (unpaired) electrons. The lowest BCUT2D eigenvalue weighted by molar-refractivity contribution is -0.117. The van der Waals surface area contributed by atoms with Crippen LogP contribution in [0, 0.1) is 0 Å². The van der Waals surface area contributed by atoms with Crippen LogP contribution in [0.4, 0.5) is 0 Å². The largest absolute Gasteiger partial charge is 0.438 e. The van der Waals surface area contributed by atoms with Crippen molar-refractivity contribution in [2.75, 3.05) is 13.1 Å². The first-order valence-electron chi connectivity index (χ1n) is 10.2. The van der Waals surface area contributed by atoms with Crippen LogP contribution in [0.3, 0.4) is 0 Å². The number of sulfonamides is 1. The molecular weight excluding hydrogens is 418 g/mol. The number of benzene rings is 1. The zero-order chi connectivity index (χ0) is 22.4. The van der Waals surface area contributed by atoms with Crippen molar-refractivity contribution in [3.63, 3.8) is 0 Å². The molecule has 2 amide bonds. The van der Waals surface area contributed by atoms with Crippen LogP contribution in [0.2, 0.25) is 0 Å². The van der Waals surface area contributed by atoms with E-state index < -0.39 is 15.9 Å². The standard InChI is InChI=1S/C22H27N3O5S/c1-3-20(26)24-18-12-14-25(16(2)15-18)31(28,29)21-10-9-19(30-21)22(27)23-13-11-17-7-5-4-6-8-17/h3-10,16,18H,1,11-15H2,2H3,(H,23,27)(H,24,26). The predicted octanol–water partition coefficient (Wildman–Crippen LogP) is 2.10. The van der Waals surface area contributed by atoms with Gasteiger partial charge in [-0.25, -0.2) is 8.42 Å². The van der Waals surface area contributed by atoms with Gasteiger partial charge in [0.15, 0.2) is 5.76 Å². The van der Waals surface area contributed by atoms with Gasteiger partial charge in [-0.15, -0.1) is 0 Å². The van der Waals surface area contributed by atoms with Gasteiger partial charge in [-0.2, -0.15) is 4.31 Å². The second-order valence-corrected chi connectivity index (χ2v) is 9.33. The van der Waals surface area contributed by atoms with E-state index in [2.05, 4.69) is 17.2 Å². The number of carbonyl (C=O) groups is 2. The van der Waals surface area contributed by atoms with Crippen LogP contribution in [-0.4, -0.2) is 49.7 Å². The van der Waals surface area contributed by atoms with E-state index >= 15 is 0 Å². The van der Waals surface area contributed by atoms with E-state index in [0.717, 1.165) is 5.56 Å². The molecule has 8 nitrogen and oxygen atoms in total. The highest BCUT2D eigenvalue weighted by Gasteiger charge is 2.36. The van der Waals surface area contributed by atoms with Crippen molar-refractivity contribution in [1.82, 2.24) is 14.9 Å². The zero-order valence-corrected chi connectivity index (χ0v) is 18.2. The summed E-state index contributed by atoms with van der Waals surface area (Å²) in [6.07, 6.45) is 2.82. The molecule has 0 spiro atoms. The number of carbonyl (C=O) groups excluding carboxylic acids is 2. The number of furan rings is 1. The quantitative estimate of drug-likeness (QED) is 0.605. The van der Waals surface area contributed by atoms with Crippen LogP contribution in [-0.2, 0) is 21.2 Å². The maximum atomic E-state index is 13.0. The summed E-state index contributed by atoms with van der Waals surface area (Å²) in [5.74, 6) is -0.786. The van der Waals surface area contributed by atoms with Crippen LogP contribution in [0.15, 0.2) is 64.6 Å². The summed E-state index contributed by atoms with van der Waals surface area (Å²) in [5.41, 5.74) is 1.09. The molecule has 31 heavy (non-hydrogen) atoms. The summed E-state index contributed by atoms with van der Waals surface area (Å²) in [5, 5.41) is 5.28. The maximum Gasteiger partial charge on any atom is 0.287 e. The molecule has 1 fully saturated rings. The van der Waals surface area contributed by atoms with Gasteiger partial charge in [-0.3, -0.25) is 9.59 Å². The maximum absolute atomic E-state index is 13.0. The normalized spacial score (nSPS) is 19.5. The molecule has 1 saturated heterocycles. The Hall–Kier alpha value is -2.91. The number of rotatable bonds is 8. The summed E-state index contributed by atoms with van der Waals surface area (Å²) in [6.45, 7) is 5.86. The molecule has 3 rings (SSSR count). The fraction of sp³-hybridized carbons (Fsp3) is 0.364. The van der Waals surface area contributed by atoms with Gasteiger partial charge in [0.25, 0.3) is 15.9 Å². The van der Waals surface area contributed by atoms with Gasteiger partial charge in [-0.1, -0.05) is 36.9 Å². The monoisotopic (exact) mass is 445 g/mol. The first-order valence-corrected chi connectivity index (χ1v) is 11.6. The minimum absolute atomic E-state index is 0.0487. The van der Waals surface area contributed by atoms with E-state index in [0.29, 0.717) is 25.8 Å². The van der Waals surface area contributed by atoms with Crippen LogP contribution >= 0.6 is 0 Å². The summed E-state index contributed by atoms with van der Waals surface area (Å²) in [6, 6.07) is 11.9. The second kappa shape index (κ2) is 9.93. The van der Waals surface area contributed by atoms with Crippen LogP contribution < -0.4 is 10.6 Å². The third kappa shape index (κ3) is 5.62. The number of piperidine rings is 1. The van der Waals surface area contributed by atoms with Crippen molar-refractivity contribution in [2.24, 2.45) is 0 Å². The van der Waals surface area contributed by atoms with Crippen LogP contribution in [0.5, 0.6) is 0 Å². The molecular formula is C22H27N3O5S. The molecule has 0 saturated carbocycles. The molecule has 2 atom stereocenters. The average Bonchev–Trinajstić information content (AvgIpc) is 3.25. The number of hydrogen-bond acceptors (Lipinski definition) is 5. The molecule has 9 heteroatoms. The van der Waals surface area contributed by atoms with Gasteiger partial charge in [0, 0.05) is 25.2 Å². The first kappa shape index (κ1) is 22.8. The Balaban J connectivity index is 1.59. The third-order valence-corrected chi connectivity index (χ3v) is 7.14. The smallest absolute Gasteiger partial charge is 0.287 e. The van der Waals surface area contributed by atoms with E-state index in [9.17, 15) is 18.0 Å². The topological polar surface area (TPSA) is 109 Å². The minimum atomic E-state index is -3.89. The molecule has 1 aliphatic rings. The lowest BCUT2D eigenvalue weighted by Crippen LogP contribution is -2.50. The van der Waals surface area contributed by atoms with Crippen molar-refractivity contribution in [3.8, 4) is 0 Å². The fourth-order valence-corrected chi connectivity index (χ4v) is 5.22.